The van der Waals surface area contributed by atoms with Crippen LogP contribution < -0.4 is 5.32 Å². The standard InChI is InChI=1S/C25H22N4O2S/c1-17-8-2-5-11-20(17)26-23(30)16-32-25-28-27-24(31-25)14-15-29-21-12-6-3-9-18(21)19-10-4-7-13-22(19)29/h2-13H,14-16H2,1H3,(H,26,30). The highest BCUT2D eigenvalue weighted by molar-refractivity contribution is 7.99. The number of rotatable bonds is 7. The Kier molecular flexibility index (Phi) is 5.64. The van der Waals surface area contributed by atoms with Crippen LogP contribution in [0.5, 0.6) is 0 Å². The summed E-state index contributed by atoms with van der Waals surface area (Å²) in [6.45, 7) is 2.69. The van der Waals surface area contributed by atoms with E-state index in [0.29, 0.717) is 17.5 Å². The zero-order valence-corrected chi connectivity index (χ0v) is 18.4. The molecular formula is C25H22N4O2S. The average Bonchev–Trinajstić information content (AvgIpc) is 3.40. The van der Waals surface area contributed by atoms with Crippen molar-refractivity contribution in [2.75, 3.05) is 11.1 Å². The van der Waals surface area contributed by atoms with Crippen molar-refractivity contribution in [3.8, 4) is 0 Å². The molecule has 0 fully saturated rings. The summed E-state index contributed by atoms with van der Waals surface area (Å²) in [7, 11) is 0. The molecule has 1 N–H and O–H groups in total. The lowest BCUT2D eigenvalue weighted by molar-refractivity contribution is -0.113. The SMILES string of the molecule is Cc1ccccc1NC(=O)CSc1nnc(CCn2c3ccccc3c3ccccc32)o1. The number of hydrogen-bond donors (Lipinski definition) is 1. The smallest absolute Gasteiger partial charge is 0.277 e. The molecule has 0 unspecified atom stereocenters. The van der Waals surface area contributed by atoms with E-state index in [9.17, 15) is 4.79 Å². The topological polar surface area (TPSA) is 73.0 Å². The molecule has 5 rings (SSSR count). The van der Waals surface area contributed by atoms with E-state index < -0.39 is 0 Å². The van der Waals surface area contributed by atoms with Crippen molar-refractivity contribution in [2.45, 2.75) is 25.1 Å². The molecule has 0 atom stereocenters. The van der Waals surface area contributed by atoms with Crippen LogP contribution in [0.2, 0.25) is 0 Å². The van der Waals surface area contributed by atoms with Gasteiger partial charge in [-0.1, -0.05) is 66.4 Å². The van der Waals surface area contributed by atoms with Gasteiger partial charge in [0.1, 0.15) is 0 Å². The van der Waals surface area contributed by atoms with Gasteiger partial charge in [-0.15, -0.1) is 10.2 Å². The molecule has 0 radical (unpaired) electrons. The second-order valence-electron chi connectivity index (χ2n) is 7.55. The summed E-state index contributed by atoms with van der Waals surface area (Å²) < 4.78 is 8.07. The van der Waals surface area contributed by atoms with Crippen molar-refractivity contribution in [1.29, 1.82) is 0 Å². The fraction of sp³-hybridized carbons (Fsp3) is 0.160. The Bertz CT molecular complexity index is 1350. The van der Waals surface area contributed by atoms with Crippen molar-refractivity contribution in [1.82, 2.24) is 14.8 Å². The summed E-state index contributed by atoms with van der Waals surface area (Å²) in [5.41, 5.74) is 4.22. The van der Waals surface area contributed by atoms with Crippen LogP contribution in [0.25, 0.3) is 21.8 Å². The highest BCUT2D eigenvalue weighted by Crippen LogP contribution is 2.29. The highest BCUT2D eigenvalue weighted by Gasteiger charge is 2.13. The molecule has 6 nitrogen and oxygen atoms in total. The van der Waals surface area contributed by atoms with Crippen molar-refractivity contribution < 1.29 is 9.21 Å². The van der Waals surface area contributed by atoms with Gasteiger partial charge in [0.2, 0.25) is 11.8 Å². The maximum absolute atomic E-state index is 12.2. The van der Waals surface area contributed by atoms with E-state index in [1.807, 2.05) is 31.2 Å². The Morgan fingerprint density at radius 2 is 1.59 bits per heavy atom. The molecule has 0 saturated heterocycles. The number of benzene rings is 3. The lowest BCUT2D eigenvalue weighted by Crippen LogP contribution is -2.14. The molecule has 32 heavy (non-hydrogen) atoms. The number of fused-ring (bicyclic) bond motifs is 3. The third-order valence-electron chi connectivity index (χ3n) is 5.42. The number of carbonyl (C=O) groups is 1. The molecule has 0 bridgehead atoms. The molecule has 0 saturated carbocycles. The van der Waals surface area contributed by atoms with Crippen molar-refractivity contribution >= 4 is 45.2 Å². The number of anilines is 1. The van der Waals surface area contributed by atoms with E-state index in [0.717, 1.165) is 17.8 Å². The van der Waals surface area contributed by atoms with E-state index >= 15 is 0 Å². The Hall–Kier alpha value is -3.58. The predicted octanol–water partition coefficient (Wildman–Crippen LogP) is 5.46. The van der Waals surface area contributed by atoms with Crippen LogP contribution in [-0.2, 0) is 17.8 Å². The first-order chi connectivity index (χ1) is 15.7. The van der Waals surface area contributed by atoms with Crippen LogP contribution in [0, 0.1) is 6.92 Å². The van der Waals surface area contributed by atoms with E-state index in [1.54, 1.807) is 0 Å². The van der Waals surface area contributed by atoms with Gasteiger partial charge in [0.15, 0.2) is 0 Å². The average molecular weight is 443 g/mol. The summed E-state index contributed by atoms with van der Waals surface area (Å²) in [5, 5.41) is 14.1. The minimum absolute atomic E-state index is 0.102. The number of nitrogens with one attached hydrogen (secondary N) is 1. The molecule has 2 heterocycles. The lowest BCUT2D eigenvalue weighted by Gasteiger charge is -2.06. The first-order valence-corrected chi connectivity index (χ1v) is 11.4. The maximum Gasteiger partial charge on any atom is 0.277 e. The van der Waals surface area contributed by atoms with Crippen LogP contribution >= 0.6 is 11.8 Å². The Balaban J connectivity index is 1.23. The van der Waals surface area contributed by atoms with Gasteiger partial charge in [-0.25, -0.2) is 0 Å². The molecule has 0 aliphatic heterocycles. The second kappa shape index (κ2) is 8.88. The zero-order chi connectivity index (χ0) is 21.9. The first kappa shape index (κ1) is 20.3. The summed E-state index contributed by atoms with van der Waals surface area (Å²) >= 11 is 1.24. The quantitative estimate of drug-likeness (QED) is 0.339. The van der Waals surface area contributed by atoms with Crippen LogP contribution in [0.3, 0.4) is 0 Å². The lowest BCUT2D eigenvalue weighted by atomic mass is 10.2. The van der Waals surface area contributed by atoms with E-state index in [-0.39, 0.29) is 11.7 Å². The van der Waals surface area contributed by atoms with E-state index in [1.165, 1.54) is 33.6 Å². The number of para-hydroxylation sites is 3. The second-order valence-corrected chi connectivity index (χ2v) is 8.48. The van der Waals surface area contributed by atoms with Gasteiger partial charge in [-0.05, 0) is 30.7 Å². The number of hydrogen-bond acceptors (Lipinski definition) is 5. The molecule has 0 aliphatic rings. The Morgan fingerprint density at radius 1 is 0.938 bits per heavy atom. The summed E-state index contributed by atoms with van der Waals surface area (Å²) in [5.74, 6) is 0.672. The first-order valence-electron chi connectivity index (χ1n) is 10.5. The molecule has 0 aliphatic carbocycles. The largest absolute Gasteiger partial charge is 0.416 e. The van der Waals surface area contributed by atoms with Gasteiger partial charge in [-0.3, -0.25) is 4.79 Å². The zero-order valence-electron chi connectivity index (χ0n) is 17.6. The van der Waals surface area contributed by atoms with Gasteiger partial charge in [-0.2, -0.15) is 0 Å². The number of nitrogens with zero attached hydrogens (tertiary/aromatic N) is 3. The van der Waals surface area contributed by atoms with E-state index in [4.69, 9.17) is 4.42 Å². The van der Waals surface area contributed by atoms with Crippen LogP contribution in [-0.4, -0.2) is 26.4 Å². The molecule has 160 valence electrons. The van der Waals surface area contributed by atoms with Gasteiger partial charge >= 0.3 is 0 Å². The summed E-state index contributed by atoms with van der Waals surface area (Å²) in [6.07, 6.45) is 0.617. The monoisotopic (exact) mass is 442 g/mol. The number of thioether (sulfide) groups is 1. The van der Waals surface area contributed by atoms with Gasteiger partial charge in [0.05, 0.1) is 5.75 Å². The summed E-state index contributed by atoms with van der Waals surface area (Å²) in [6, 6.07) is 24.5. The van der Waals surface area contributed by atoms with Crippen LogP contribution in [0.4, 0.5) is 5.69 Å². The highest BCUT2D eigenvalue weighted by atomic mass is 32.2. The van der Waals surface area contributed by atoms with Gasteiger partial charge in [0.25, 0.3) is 5.22 Å². The Morgan fingerprint density at radius 3 is 2.31 bits per heavy atom. The number of aromatic nitrogens is 3. The molecule has 2 aromatic heterocycles. The molecule has 7 heteroatoms. The number of amides is 1. The van der Waals surface area contributed by atoms with Gasteiger partial charge in [0, 0.05) is 40.5 Å². The minimum atomic E-state index is -0.102. The molecule has 5 aromatic rings. The Labute approximate surface area is 189 Å². The minimum Gasteiger partial charge on any atom is -0.416 e. The third-order valence-corrected chi connectivity index (χ3v) is 6.24. The fourth-order valence-corrected chi connectivity index (χ4v) is 4.46. The van der Waals surface area contributed by atoms with Crippen LogP contribution in [0.1, 0.15) is 11.5 Å². The fourth-order valence-electron chi connectivity index (χ4n) is 3.88. The van der Waals surface area contributed by atoms with Crippen molar-refractivity contribution in [2.24, 2.45) is 0 Å². The molecular weight excluding hydrogens is 420 g/mol. The summed E-state index contributed by atoms with van der Waals surface area (Å²) in [4.78, 5) is 12.2. The number of carbonyl (C=O) groups excluding carboxylic acids is 1. The number of aryl methyl sites for hydroxylation is 3. The molecule has 0 spiro atoms. The third kappa shape index (κ3) is 4.11. The molecule has 3 aromatic carbocycles. The van der Waals surface area contributed by atoms with Crippen LogP contribution in [0.15, 0.2) is 82.4 Å². The normalized spacial score (nSPS) is 11.3. The van der Waals surface area contributed by atoms with E-state index in [2.05, 4.69) is 68.6 Å². The van der Waals surface area contributed by atoms with Gasteiger partial charge < -0.3 is 14.3 Å². The van der Waals surface area contributed by atoms with Crippen molar-refractivity contribution in [3.05, 3.63) is 84.3 Å². The predicted molar refractivity (Wildman–Crippen MR) is 128 cm³/mol. The molecule has 1 amide bonds. The maximum atomic E-state index is 12.2. The van der Waals surface area contributed by atoms with Crippen molar-refractivity contribution in [3.63, 3.8) is 0 Å².